The highest BCUT2D eigenvalue weighted by Crippen LogP contribution is 2.42. The van der Waals surface area contributed by atoms with Gasteiger partial charge in [0.15, 0.2) is 17.5 Å². The molecule has 2 aromatic rings. The van der Waals surface area contributed by atoms with Crippen molar-refractivity contribution < 1.29 is 22.4 Å². The van der Waals surface area contributed by atoms with Crippen molar-refractivity contribution in [3.05, 3.63) is 47.5 Å². The third kappa shape index (κ3) is 4.56. The molecule has 8 nitrogen and oxygen atoms in total. The van der Waals surface area contributed by atoms with Crippen LogP contribution in [0.25, 0.3) is 0 Å². The number of methoxy groups -OCH3 is 1. The van der Waals surface area contributed by atoms with Crippen LogP contribution in [0.5, 0.6) is 17.2 Å². The van der Waals surface area contributed by atoms with E-state index in [2.05, 4.69) is 0 Å². The van der Waals surface area contributed by atoms with Gasteiger partial charge >= 0.3 is 10.1 Å². The van der Waals surface area contributed by atoms with Gasteiger partial charge in [-0.25, -0.2) is 0 Å². The third-order valence-electron chi connectivity index (χ3n) is 5.01. The van der Waals surface area contributed by atoms with E-state index in [9.17, 15) is 13.5 Å². The Morgan fingerprint density at radius 1 is 1.24 bits per heavy atom. The number of nitrogens with zero attached hydrogens (tertiary/aromatic N) is 1. The topological polar surface area (TPSA) is 126 Å². The number of piperidine rings is 1. The first-order chi connectivity index (χ1) is 13.7. The normalized spacial score (nSPS) is 15.2. The standard InChI is InChI=1S/C20H25N3O5S/c1-13-10-17(14-6-8-23(9-7-14)20(21)22)19(27-2)18(11-13)28-29(25,26)16-5-3-4-15(24)12-16/h3-5,10-12,14,24H,6-9H2,1-2H3,(H3,21,22). The summed E-state index contributed by atoms with van der Waals surface area (Å²) in [7, 11) is -2.67. The molecule has 0 amide bonds. The molecule has 0 unspecified atom stereocenters. The number of phenols is 1. The maximum Gasteiger partial charge on any atom is 0.339 e. The van der Waals surface area contributed by atoms with E-state index >= 15 is 0 Å². The average Bonchev–Trinajstić information content (AvgIpc) is 2.67. The van der Waals surface area contributed by atoms with Crippen LogP contribution in [0.1, 0.15) is 29.9 Å². The summed E-state index contributed by atoms with van der Waals surface area (Å²) in [5, 5.41) is 17.2. The summed E-state index contributed by atoms with van der Waals surface area (Å²) < 4.78 is 36.4. The Kier molecular flexibility index (Phi) is 5.88. The molecule has 2 aromatic carbocycles. The predicted octanol–water partition coefficient (Wildman–Crippen LogP) is 2.55. The number of nitrogens with two attached hydrogens (primary N) is 1. The minimum atomic E-state index is -4.15. The SMILES string of the molecule is COc1c(OS(=O)(=O)c2cccc(O)c2)cc(C)cc1C1CCN(C(=N)N)CC1. The van der Waals surface area contributed by atoms with Crippen molar-refractivity contribution in [2.45, 2.75) is 30.6 Å². The molecule has 1 saturated heterocycles. The monoisotopic (exact) mass is 419 g/mol. The first-order valence-corrected chi connectivity index (χ1v) is 10.6. The van der Waals surface area contributed by atoms with Crippen LogP contribution in [0.4, 0.5) is 0 Å². The molecule has 1 fully saturated rings. The lowest BCUT2D eigenvalue weighted by molar-refractivity contribution is 0.301. The van der Waals surface area contributed by atoms with E-state index in [1.54, 1.807) is 6.07 Å². The Hall–Kier alpha value is -2.94. The lowest BCUT2D eigenvalue weighted by atomic mass is 9.88. The van der Waals surface area contributed by atoms with Gasteiger partial charge < -0.3 is 24.7 Å². The van der Waals surface area contributed by atoms with Gasteiger partial charge in [-0.05, 0) is 49.4 Å². The number of likely N-dealkylation sites (tertiary alicyclic amines) is 1. The van der Waals surface area contributed by atoms with Crippen LogP contribution in [0.3, 0.4) is 0 Å². The highest BCUT2D eigenvalue weighted by atomic mass is 32.2. The van der Waals surface area contributed by atoms with Gasteiger partial charge in [0.05, 0.1) is 7.11 Å². The van der Waals surface area contributed by atoms with Crippen LogP contribution in [-0.2, 0) is 10.1 Å². The molecule has 0 saturated carbocycles. The molecule has 0 aromatic heterocycles. The Bertz CT molecular complexity index is 1010. The minimum Gasteiger partial charge on any atom is -0.508 e. The maximum absolute atomic E-state index is 12.7. The molecule has 3 rings (SSSR count). The van der Waals surface area contributed by atoms with Gasteiger partial charge in [-0.1, -0.05) is 12.1 Å². The third-order valence-corrected chi connectivity index (χ3v) is 6.24. The Morgan fingerprint density at radius 3 is 2.52 bits per heavy atom. The molecule has 0 atom stereocenters. The molecule has 0 aliphatic carbocycles. The number of hydrogen-bond donors (Lipinski definition) is 3. The number of phenolic OH excluding ortho intramolecular Hbond substituents is 1. The molecule has 4 N–H and O–H groups in total. The van der Waals surface area contributed by atoms with Crippen molar-refractivity contribution in [3.63, 3.8) is 0 Å². The van der Waals surface area contributed by atoms with E-state index < -0.39 is 10.1 Å². The highest BCUT2D eigenvalue weighted by Gasteiger charge is 2.27. The van der Waals surface area contributed by atoms with Crippen molar-refractivity contribution in [2.75, 3.05) is 20.2 Å². The fourth-order valence-corrected chi connectivity index (χ4v) is 4.55. The van der Waals surface area contributed by atoms with Crippen LogP contribution < -0.4 is 14.7 Å². The fraction of sp³-hybridized carbons (Fsp3) is 0.350. The summed E-state index contributed by atoms with van der Waals surface area (Å²) in [6, 6.07) is 8.91. The molecule has 1 aliphatic rings. The molecule has 156 valence electrons. The molecule has 9 heteroatoms. The van der Waals surface area contributed by atoms with E-state index in [1.165, 1.54) is 25.3 Å². The predicted molar refractivity (Wildman–Crippen MR) is 109 cm³/mol. The van der Waals surface area contributed by atoms with Crippen LogP contribution in [0.2, 0.25) is 0 Å². The van der Waals surface area contributed by atoms with Crippen molar-refractivity contribution in [1.82, 2.24) is 4.90 Å². The van der Waals surface area contributed by atoms with Crippen LogP contribution in [-0.4, -0.2) is 44.6 Å². The number of nitrogens with one attached hydrogen (secondary N) is 1. The molecule has 0 radical (unpaired) electrons. The number of benzene rings is 2. The molecular weight excluding hydrogens is 394 g/mol. The van der Waals surface area contributed by atoms with E-state index in [4.69, 9.17) is 20.1 Å². The molecule has 1 aliphatic heterocycles. The lowest BCUT2D eigenvalue weighted by Gasteiger charge is -2.33. The second-order valence-electron chi connectivity index (χ2n) is 7.07. The smallest absolute Gasteiger partial charge is 0.339 e. The van der Waals surface area contributed by atoms with Gasteiger partial charge in [-0.3, -0.25) is 5.41 Å². The van der Waals surface area contributed by atoms with Crippen molar-refractivity contribution >= 4 is 16.1 Å². The quantitative estimate of drug-likeness (QED) is 0.386. The van der Waals surface area contributed by atoms with Gasteiger partial charge in [0.25, 0.3) is 0 Å². The molecule has 29 heavy (non-hydrogen) atoms. The molecule has 1 heterocycles. The van der Waals surface area contributed by atoms with E-state index in [0.29, 0.717) is 18.8 Å². The zero-order valence-electron chi connectivity index (χ0n) is 16.4. The van der Waals surface area contributed by atoms with Gasteiger partial charge in [-0.15, -0.1) is 0 Å². The zero-order chi connectivity index (χ0) is 21.2. The highest BCUT2D eigenvalue weighted by molar-refractivity contribution is 7.87. The average molecular weight is 420 g/mol. The zero-order valence-corrected chi connectivity index (χ0v) is 17.2. The number of guanidine groups is 1. The van der Waals surface area contributed by atoms with Gasteiger partial charge in [0.1, 0.15) is 10.6 Å². The summed E-state index contributed by atoms with van der Waals surface area (Å²) in [5.41, 5.74) is 7.29. The molecular formula is C20H25N3O5S. The van der Waals surface area contributed by atoms with Gasteiger partial charge in [0.2, 0.25) is 0 Å². The second-order valence-corrected chi connectivity index (χ2v) is 8.61. The Morgan fingerprint density at radius 2 is 1.93 bits per heavy atom. The minimum absolute atomic E-state index is 0.0564. The number of aromatic hydroxyl groups is 1. The van der Waals surface area contributed by atoms with Crippen molar-refractivity contribution in [3.8, 4) is 17.2 Å². The summed E-state index contributed by atoms with van der Waals surface area (Å²) in [5.74, 6) is 0.511. The number of ether oxygens (including phenoxy) is 1. The van der Waals surface area contributed by atoms with E-state index in [-0.39, 0.29) is 28.3 Å². The maximum atomic E-state index is 12.7. The summed E-state index contributed by atoms with van der Waals surface area (Å²) in [6.45, 7) is 3.16. The Balaban J connectivity index is 1.93. The molecule has 0 spiro atoms. The first-order valence-electron chi connectivity index (χ1n) is 9.22. The van der Waals surface area contributed by atoms with E-state index in [0.717, 1.165) is 30.0 Å². The van der Waals surface area contributed by atoms with Crippen LogP contribution in [0, 0.1) is 12.3 Å². The first kappa shape index (κ1) is 20.8. The summed E-state index contributed by atoms with van der Waals surface area (Å²) in [4.78, 5) is 1.67. The largest absolute Gasteiger partial charge is 0.508 e. The second kappa shape index (κ2) is 8.20. The van der Waals surface area contributed by atoms with Crippen LogP contribution in [0.15, 0.2) is 41.3 Å². The van der Waals surface area contributed by atoms with Crippen LogP contribution >= 0.6 is 0 Å². The number of aryl methyl sites for hydroxylation is 1. The number of hydrogen-bond acceptors (Lipinski definition) is 6. The van der Waals surface area contributed by atoms with Gasteiger partial charge in [0, 0.05) is 24.7 Å². The summed E-state index contributed by atoms with van der Waals surface area (Å²) in [6.07, 6.45) is 1.52. The summed E-state index contributed by atoms with van der Waals surface area (Å²) >= 11 is 0. The number of rotatable bonds is 5. The van der Waals surface area contributed by atoms with Crippen molar-refractivity contribution in [2.24, 2.45) is 5.73 Å². The van der Waals surface area contributed by atoms with E-state index in [1.807, 2.05) is 17.9 Å². The molecule has 0 bridgehead atoms. The lowest BCUT2D eigenvalue weighted by Crippen LogP contribution is -2.41. The Labute approximate surface area is 170 Å². The van der Waals surface area contributed by atoms with Crippen molar-refractivity contribution in [1.29, 1.82) is 5.41 Å². The fourth-order valence-electron chi connectivity index (χ4n) is 3.59. The van der Waals surface area contributed by atoms with Gasteiger partial charge in [-0.2, -0.15) is 8.42 Å².